The number of rotatable bonds is 3. The van der Waals surface area contributed by atoms with E-state index in [0.29, 0.717) is 5.56 Å². The Morgan fingerprint density at radius 1 is 0.966 bits per heavy atom. The first-order chi connectivity index (χ1) is 14.0. The molecule has 1 atom stereocenters. The van der Waals surface area contributed by atoms with Crippen LogP contribution in [0.1, 0.15) is 17.2 Å². The second-order valence-corrected chi connectivity index (χ2v) is 6.41. The molecule has 5 nitrogen and oxygen atoms in total. The van der Waals surface area contributed by atoms with Crippen LogP contribution < -0.4 is 4.90 Å². The third-order valence-electron chi connectivity index (χ3n) is 4.68. The van der Waals surface area contributed by atoms with Crippen LogP contribution in [0.5, 0.6) is 0 Å². The maximum Gasteiger partial charge on any atom is 0.300 e. The predicted octanol–water partition coefficient (Wildman–Crippen LogP) is 3.99. The summed E-state index contributed by atoms with van der Waals surface area (Å²) in [4.78, 5) is 30.4. The van der Waals surface area contributed by atoms with Crippen molar-refractivity contribution in [1.82, 2.24) is 4.98 Å². The fourth-order valence-electron chi connectivity index (χ4n) is 3.37. The Kier molecular flexibility index (Phi) is 4.64. The minimum Gasteiger partial charge on any atom is -0.507 e. The quantitative estimate of drug-likeness (QED) is 0.416. The first kappa shape index (κ1) is 18.5. The van der Waals surface area contributed by atoms with Gasteiger partial charge in [0.05, 0.1) is 17.3 Å². The molecule has 1 fully saturated rings. The van der Waals surface area contributed by atoms with Crippen LogP contribution in [0.25, 0.3) is 5.76 Å². The lowest BCUT2D eigenvalue weighted by molar-refractivity contribution is -0.132. The maximum atomic E-state index is 14.5. The molecule has 1 aromatic heterocycles. The summed E-state index contributed by atoms with van der Waals surface area (Å²) >= 11 is 0. The summed E-state index contributed by atoms with van der Waals surface area (Å²) in [6.45, 7) is 0. The average Bonchev–Trinajstić information content (AvgIpc) is 3.01. The molecule has 7 heteroatoms. The molecule has 1 saturated heterocycles. The van der Waals surface area contributed by atoms with Gasteiger partial charge in [-0.25, -0.2) is 8.78 Å². The predicted molar refractivity (Wildman–Crippen MR) is 102 cm³/mol. The Labute approximate surface area is 164 Å². The van der Waals surface area contributed by atoms with E-state index in [-0.39, 0.29) is 16.8 Å². The van der Waals surface area contributed by atoms with E-state index in [0.717, 1.165) is 23.1 Å². The van der Waals surface area contributed by atoms with Crippen molar-refractivity contribution in [3.63, 3.8) is 0 Å². The normalized spacial score (nSPS) is 18.3. The van der Waals surface area contributed by atoms with E-state index in [1.807, 2.05) is 0 Å². The van der Waals surface area contributed by atoms with Crippen LogP contribution >= 0.6 is 0 Å². The SMILES string of the molecule is O=C1C(=O)N(c2cc(F)ccc2F)C(c2ccccc2)/C1=C(\O)c1ccncc1. The van der Waals surface area contributed by atoms with Gasteiger partial charge >= 0.3 is 0 Å². The number of hydrogen-bond acceptors (Lipinski definition) is 4. The van der Waals surface area contributed by atoms with E-state index in [9.17, 15) is 23.5 Å². The van der Waals surface area contributed by atoms with Crippen molar-refractivity contribution < 1.29 is 23.5 Å². The highest BCUT2D eigenvalue weighted by Crippen LogP contribution is 2.42. The number of benzene rings is 2. The van der Waals surface area contributed by atoms with Crippen LogP contribution in [0.4, 0.5) is 14.5 Å². The standard InChI is InChI=1S/C22H14F2N2O3/c23-15-6-7-16(24)17(12-15)26-19(13-4-2-1-3-5-13)18(21(28)22(26)29)20(27)14-8-10-25-11-9-14/h1-12,19,27H/b20-18+. The number of carbonyl (C=O) groups excluding carboxylic acids is 2. The van der Waals surface area contributed by atoms with Crippen molar-refractivity contribution in [3.8, 4) is 0 Å². The fraction of sp³-hybridized carbons (Fsp3) is 0.0455. The summed E-state index contributed by atoms with van der Waals surface area (Å²) in [6.07, 6.45) is 2.85. The van der Waals surface area contributed by atoms with Gasteiger partial charge in [0.2, 0.25) is 0 Å². The molecule has 2 heterocycles. The molecule has 29 heavy (non-hydrogen) atoms. The zero-order valence-electron chi connectivity index (χ0n) is 14.9. The Hall–Kier alpha value is -3.87. The molecule has 2 aromatic carbocycles. The zero-order valence-corrected chi connectivity index (χ0v) is 14.9. The van der Waals surface area contributed by atoms with Crippen LogP contribution in [0, 0.1) is 11.6 Å². The van der Waals surface area contributed by atoms with Crippen molar-refractivity contribution in [3.05, 3.63) is 101 Å². The summed E-state index contributed by atoms with van der Waals surface area (Å²) in [5.74, 6) is -4.09. The van der Waals surface area contributed by atoms with Gasteiger partial charge in [-0.15, -0.1) is 0 Å². The minimum atomic E-state index is -1.12. The highest BCUT2D eigenvalue weighted by atomic mass is 19.1. The lowest BCUT2D eigenvalue weighted by Gasteiger charge is -2.25. The summed E-state index contributed by atoms with van der Waals surface area (Å²) in [5, 5.41) is 10.8. The number of aromatic nitrogens is 1. The molecule has 3 aromatic rings. The molecule has 4 rings (SSSR count). The summed E-state index contributed by atoms with van der Waals surface area (Å²) in [5.41, 5.74) is 0.149. The lowest BCUT2D eigenvalue weighted by atomic mass is 9.95. The number of nitrogens with zero attached hydrogens (tertiary/aromatic N) is 2. The van der Waals surface area contributed by atoms with E-state index >= 15 is 0 Å². The molecule has 1 amide bonds. The van der Waals surface area contributed by atoms with Gasteiger partial charge in [0.25, 0.3) is 11.7 Å². The number of aliphatic hydroxyl groups is 1. The van der Waals surface area contributed by atoms with Gasteiger partial charge < -0.3 is 5.11 Å². The molecule has 1 aliphatic rings. The second kappa shape index (κ2) is 7.27. The number of aliphatic hydroxyl groups excluding tert-OH is 1. The van der Waals surface area contributed by atoms with Gasteiger partial charge in [-0.05, 0) is 29.8 Å². The summed E-state index contributed by atoms with van der Waals surface area (Å²) < 4.78 is 28.3. The molecule has 0 bridgehead atoms. The largest absolute Gasteiger partial charge is 0.507 e. The third-order valence-corrected chi connectivity index (χ3v) is 4.68. The van der Waals surface area contributed by atoms with Crippen LogP contribution in [-0.2, 0) is 9.59 Å². The Morgan fingerprint density at radius 3 is 2.34 bits per heavy atom. The maximum absolute atomic E-state index is 14.5. The van der Waals surface area contributed by atoms with Crippen molar-refractivity contribution in [2.75, 3.05) is 4.90 Å². The van der Waals surface area contributed by atoms with Gasteiger partial charge in [0.1, 0.15) is 17.4 Å². The molecule has 1 aliphatic heterocycles. The summed E-state index contributed by atoms with van der Waals surface area (Å²) in [6, 6.07) is 12.9. The smallest absolute Gasteiger partial charge is 0.300 e. The Bertz CT molecular complexity index is 1130. The van der Waals surface area contributed by atoms with Crippen molar-refractivity contribution in [2.45, 2.75) is 6.04 Å². The molecular weight excluding hydrogens is 378 g/mol. The highest BCUT2D eigenvalue weighted by molar-refractivity contribution is 6.51. The van der Waals surface area contributed by atoms with Crippen molar-refractivity contribution in [1.29, 1.82) is 0 Å². The second-order valence-electron chi connectivity index (χ2n) is 6.41. The van der Waals surface area contributed by atoms with Crippen LogP contribution in [0.2, 0.25) is 0 Å². The number of amides is 1. The van der Waals surface area contributed by atoms with Gasteiger partial charge in [-0.2, -0.15) is 0 Å². The number of Topliss-reactive ketones (excluding diaryl/α,β-unsaturated/α-hetero) is 1. The first-order valence-corrected chi connectivity index (χ1v) is 8.70. The topological polar surface area (TPSA) is 70.5 Å². The van der Waals surface area contributed by atoms with Gasteiger partial charge in [-0.3, -0.25) is 19.5 Å². The van der Waals surface area contributed by atoms with Crippen molar-refractivity contribution >= 4 is 23.1 Å². The fourth-order valence-corrected chi connectivity index (χ4v) is 3.37. The highest BCUT2D eigenvalue weighted by Gasteiger charge is 2.47. The van der Waals surface area contributed by atoms with E-state index < -0.39 is 35.1 Å². The number of halogens is 2. The molecule has 0 radical (unpaired) electrons. The lowest BCUT2D eigenvalue weighted by Crippen LogP contribution is -2.30. The van der Waals surface area contributed by atoms with E-state index in [1.54, 1.807) is 30.3 Å². The van der Waals surface area contributed by atoms with Gasteiger partial charge in [-0.1, -0.05) is 30.3 Å². The number of ketones is 1. The molecule has 0 saturated carbocycles. The number of pyridine rings is 1. The molecular formula is C22H14F2N2O3. The Morgan fingerprint density at radius 2 is 1.66 bits per heavy atom. The molecule has 1 N–H and O–H groups in total. The Balaban J connectivity index is 1.98. The van der Waals surface area contributed by atoms with Crippen molar-refractivity contribution in [2.24, 2.45) is 0 Å². The first-order valence-electron chi connectivity index (χ1n) is 8.70. The van der Waals surface area contributed by atoms with Gasteiger partial charge in [0, 0.05) is 24.0 Å². The van der Waals surface area contributed by atoms with E-state index in [4.69, 9.17) is 0 Å². The number of hydrogen-bond donors (Lipinski definition) is 1. The molecule has 0 spiro atoms. The van der Waals surface area contributed by atoms with Crippen LogP contribution in [0.3, 0.4) is 0 Å². The molecule has 1 unspecified atom stereocenters. The molecule has 0 aliphatic carbocycles. The molecule has 144 valence electrons. The van der Waals surface area contributed by atoms with Crippen LogP contribution in [0.15, 0.2) is 78.6 Å². The van der Waals surface area contributed by atoms with E-state index in [1.165, 1.54) is 24.5 Å². The van der Waals surface area contributed by atoms with E-state index in [2.05, 4.69) is 4.98 Å². The monoisotopic (exact) mass is 392 g/mol. The average molecular weight is 392 g/mol. The number of anilines is 1. The zero-order chi connectivity index (χ0) is 20.5. The minimum absolute atomic E-state index is 0.212. The van der Waals surface area contributed by atoms with Crippen LogP contribution in [-0.4, -0.2) is 21.8 Å². The van der Waals surface area contributed by atoms with Gasteiger partial charge in [0.15, 0.2) is 0 Å². The summed E-state index contributed by atoms with van der Waals surface area (Å²) in [7, 11) is 0. The number of carbonyl (C=O) groups is 2. The third kappa shape index (κ3) is 3.16.